The van der Waals surface area contributed by atoms with E-state index in [0.29, 0.717) is 12.5 Å². The SMILES string of the molecule is CCOC(=O)[C@@]1(CC=C(C)C)C[C@@H]1c1ccccc1. The number of carbonyl (C=O) groups excluding carboxylic acids is 1. The van der Waals surface area contributed by atoms with Crippen molar-refractivity contribution in [1.82, 2.24) is 0 Å². The lowest BCUT2D eigenvalue weighted by atomic mass is 9.94. The van der Waals surface area contributed by atoms with Gasteiger partial charge in [0, 0.05) is 5.92 Å². The number of hydrogen-bond donors (Lipinski definition) is 0. The number of hydrogen-bond acceptors (Lipinski definition) is 2. The summed E-state index contributed by atoms with van der Waals surface area (Å²) in [5.74, 6) is 0.268. The average Bonchev–Trinajstić information content (AvgIpc) is 3.14. The fraction of sp³-hybridized carbons (Fsp3) is 0.471. The Labute approximate surface area is 115 Å². The molecular formula is C17H22O2. The predicted octanol–water partition coefficient (Wildman–Crippen LogP) is 4.08. The van der Waals surface area contributed by atoms with Crippen molar-refractivity contribution in [3.05, 3.63) is 47.5 Å². The molecule has 19 heavy (non-hydrogen) atoms. The van der Waals surface area contributed by atoms with Gasteiger partial charge in [-0.25, -0.2) is 0 Å². The summed E-state index contributed by atoms with van der Waals surface area (Å²) in [6.45, 7) is 6.46. The van der Waals surface area contributed by atoms with Crippen LogP contribution in [-0.2, 0) is 9.53 Å². The molecule has 0 bridgehead atoms. The molecule has 0 saturated heterocycles. The van der Waals surface area contributed by atoms with Gasteiger partial charge in [0.05, 0.1) is 12.0 Å². The maximum atomic E-state index is 12.3. The lowest BCUT2D eigenvalue weighted by Gasteiger charge is -2.14. The minimum Gasteiger partial charge on any atom is -0.466 e. The first kappa shape index (κ1) is 13.9. The van der Waals surface area contributed by atoms with Crippen LogP contribution in [0, 0.1) is 5.41 Å². The molecule has 0 unspecified atom stereocenters. The van der Waals surface area contributed by atoms with Crippen LogP contribution in [-0.4, -0.2) is 12.6 Å². The van der Waals surface area contributed by atoms with E-state index in [1.54, 1.807) is 0 Å². The van der Waals surface area contributed by atoms with Crippen molar-refractivity contribution < 1.29 is 9.53 Å². The van der Waals surface area contributed by atoms with Crippen LogP contribution in [0.5, 0.6) is 0 Å². The standard InChI is InChI=1S/C17H22O2/c1-4-19-16(18)17(11-10-13(2)3)12-15(17)14-8-6-5-7-9-14/h5-10,15H,4,11-12H2,1-3H3/t15-,17+/m1/s1. The molecule has 0 N–H and O–H groups in total. The van der Waals surface area contributed by atoms with Crippen LogP contribution in [0.25, 0.3) is 0 Å². The van der Waals surface area contributed by atoms with Crippen LogP contribution < -0.4 is 0 Å². The Hall–Kier alpha value is -1.57. The summed E-state index contributed by atoms with van der Waals surface area (Å²) in [5.41, 5.74) is 2.18. The van der Waals surface area contributed by atoms with E-state index in [-0.39, 0.29) is 11.4 Å². The number of esters is 1. The van der Waals surface area contributed by atoms with Crippen molar-refractivity contribution in [2.75, 3.05) is 6.61 Å². The van der Waals surface area contributed by atoms with Crippen molar-refractivity contribution in [3.8, 4) is 0 Å². The molecule has 1 aromatic rings. The zero-order valence-corrected chi connectivity index (χ0v) is 12.0. The Bertz CT molecular complexity index is 471. The third-order valence-corrected chi connectivity index (χ3v) is 3.83. The Morgan fingerprint density at radius 2 is 2.05 bits per heavy atom. The number of benzene rings is 1. The van der Waals surface area contributed by atoms with E-state index >= 15 is 0 Å². The summed E-state index contributed by atoms with van der Waals surface area (Å²) in [5, 5.41) is 0. The Morgan fingerprint density at radius 1 is 1.37 bits per heavy atom. The van der Waals surface area contributed by atoms with Gasteiger partial charge >= 0.3 is 5.97 Å². The predicted molar refractivity (Wildman–Crippen MR) is 76.9 cm³/mol. The lowest BCUT2D eigenvalue weighted by molar-refractivity contribution is -0.149. The molecule has 2 rings (SSSR count). The fourth-order valence-electron chi connectivity index (χ4n) is 2.62. The van der Waals surface area contributed by atoms with E-state index in [1.807, 2.05) is 25.1 Å². The van der Waals surface area contributed by atoms with Crippen molar-refractivity contribution in [3.63, 3.8) is 0 Å². The highest BCUT2D eigenvalue weighted by Gasteiger charge is 2.60. The van der Waals surface area contributed by atoms with Gasteiger partial charge in [0.15, 0.2) is 0 Å². The normalized spacial score (nSPS) is 24.7. The lowest BCUT2D eigenvalue weighted by Crippen LogP contribution is -2.20. The minimum atomic E-state index is -0.325. The maximum absolute atomic E-state index is 12.3. The molecule has 1 saturated carbocycles. The van der Waals surface area contributed by atoms with Crippen molar-refractivity contribution in [1.29, 1.82) is 0 Å². The van der Waals surface area contributed by atoms with Crippen molar-refractivity contribution in [2.24, 2.45) is 5.41 Å². The molecule has 2 atom stereocenters. The Balaban J connectivity index is 2.19. The zero-order chi connectivity index (χ0) is 13.9. The first-order valence-corrected chi connectivity index (χ1v) is 6.95. The van der Waals surface area contributed by atoms with Crippen LogP contribution in [0.3, 0.4) is 0 Å². The highest BCUT2D eigenvalue weighted by atomic mass is 16.5. The second-order valence-corrected chi connectivity index (χ2v) is 5.53. The van der Waals surface area contributed by atoms with Gasteiger partial charge in [0.25, 0.3) is 0 Å². The van der Waals surface area contributed by atoms with Crippen LogP contribution in [0.1, 0.15) is 45.1 Å². The number of rotatable bonds is 5. The van der Waals surface area contributed by atoms with Crippen LogP contribution >= 0.6 is 0 Å². The summed E-state index contributed by atoms with van der Waals surface area (Å²) < 4.78 is 5.29. The molecular weight excluding hydrogens is 236 g/mol. The van der Waals surface area contributed by atoms with E-state index in [0.717, 1.165) is 12.8 Å². The molecule has 0 aliphatic heterocycles. The molecule has 0 aromatic heterocycles. The number of allylic oxidation sites excluding steroid dienone is 2. The summed E-state index contributed by atoms with van der Waals surface area (Å²) in [6.07, 6.45) is 3.84. The number of carbonyl (C=O) groups is 1. The van der Waals surface area contributed by atoms with Gasteiger partial charge < -0.3 is 4.74 Å². The highest BCUT2D eigenvalue weighted by Crippen LogP contribution is 2.62. The summed E-state index contributed by atoms with van der Waals surface area (Å²) in [7, 11) is 0. The Morgan fingerprint density at radius 3 is 2.63 bits per heavy atom. The summed E-state index contributed by atoms with van der Waals surface area (Å²) in [4.78, 5) is 12.3. The van der Waals surface area contributed by atoms with Crippen LogP contribution in [0.15, 0.2) is 42.0 Å². The molecule has 0 radical (unpaired) electrons. The van der Waals surface area contributed by atoms with E-state index in [1.165, 1.54) is 11.1 Å². The van der Waals surface area contributed by atoms with Crippen molar-refractivity contribution in [2.45, 2.75) is 39.5 Å². The molecule has 1 aliphatic carbocycles. The summed E-state index contributed by atoms with van der Waals surface area (Å²) >= 11 is 0. The zero-order valence-electron chi connectivity index (χ0n) is 12.0. The highest BCUT2D eigenvalue weighted by molar-refractivity contribution is 5.82. The van der Waals surface area contributed by atoms with E-state index in [2.05, 4.69) is 32.1 Å². The molecule has 1 fully saturated rings. The second-order valence-electron chi connectivity index (χ2n) is 5.53. The minimum absolute atomic E-state index is 0.0404. The van der Waals surface area contributed by atoms with Gasteiger partial charge in [-0.1, -0.05) is 42.0 Å². The monoisotopic (exact) mass is 258 g/mol. The van der Waals surface area contributed by atoms with Crippen molar-refractivity contribution >= 4 is 5.97 Å². The molecule has 1 aromatic carbocycles. The quantitative estimate of drug-likeness (QED) is 0.587. The second kappa shape index (κ2) is 5.60. The van der Waals surface area contributed by atoms with Crippen LogP contribution in [0.4, 0.5) is 0 Å². The fourth-order valence-corrected chi connectivity index (χ4v) is 2.62. The van der Waals surface area contributed by atoms with Gasteiger partial charge in [0.2, 0.25) is 0 Å². The van der Waals surface area contributed by atoms with Gasteiger partial charge in [-0.15, -0.1) is 0 Å². The van der Waals surface area contributed by atoms with E-state index < -0.39 is 0 Å². The maximum Gasteiger partial charge on any atom is 0.313 e. The smallest absolute Gasteiger partial charge is 0.313 e. The van der Waals surface area contributed by atoms with Gasteiger partial charge in [-0.05, 0) is 39.2 Å². The first-order valence-electron chi connectivity index (χ1n) is 6.95. The van der Waals surface area contributed by atoms with Gasteiger partial charge in [0.1, 0.15) is 0 Å². The molecule has 102 valence electrons. The third-order valence-electron chi connectivity index (χ3n) is 3.83. The summed E-state index contributed by atoms with van der Waals surface area (Å²) in [6, 6.07) is 10.3. The van der Waals surface area contributed by atoms with E-state index in [9.17, 15) is 4.79 Å². The first-order chi connectivity index (χ1) is 9.10. The molecule has 2 nitrogen and oxygen atoms in total. The topological polar surface area (TPSA) is 26.3 Å². The number of ether oxygens (including phenoxy) is 1. The van der Waals surface area contributed by atoms with Crippen LogP contribution in [0.2, 0.25) is 0 Å². The van der Waals surface area contributed by atoms with E-state index in [4.69, 9.17) is 4.74 Å². The van der Waals surface area contributed by atoms with Gasteiger partial charge in [-0.3, -0.25) is 4.79 Å². The molecule has 0 amide bonds. The Kier molecular flexibility index (Phi) is 4.08. The molecule has 0 spiro atoms. The average molecular weight is 258 g/mol. The molecule has 2 heteroatoms. The molecule has 0 heterocycles. The third kappa shape index (κ3) is 2.89. The molecule has 1 aliphatic rings. The van der Waals surface area contributed by atoms with Gasteiger partial charge in [-0.2, -0.15) is 0 Å². The largest absolute Gasteiger partial charge is 0.466 e.